The van der Waals surface area contributed by atoms with E-state index in [2.05, 4.69) is 21.3 Å². The monoisotopic (exact) mass is 440 g/mol. The molecule has 1 atom stereocenters. The van der Waals surface area contributed by atoms with Gasteiger partial charge in [0.15, 0.2) is 23.3 Å². The summed E-state index contributed by atoms with van der Waals surface area (Å²) in [6, 6.07) is 0. The van der Waals surface area contributed by atoms with Gasteiger partial charge in [0.05, 0.1) is 17.7 Å². The lowest BCUT2D eigenvalue weighted by Crippen LogP contribution is -2.20. The zero-order valence-corrected chi connectivity index (χ0v) is 18.0. The molecular formula is C22H24F4N2O3. The summed E-state index contributed by atoms with van der Waals surface area (Å²) < 4.78 is 66.2. The number of nitrogens with zero attached hydrogens (tertiary/aromatic N) is 2. The predicted octanol–water partition coefficient (Wildman–Crippen LogP) is 4.88. The number of aromatic nitrogens is 2. The maximum atomic E-state index is 14.2. The molecule has 0 amide bonds. The van der Waals surface area contributed by atoms with Gasteiger partial charge in [0.1, 0.15) is 18.3 Å². The van der Waals surface area contributed by atoms with E-state index in [4.69, 9.17) is 4.74 Å². The SMILES string of the molecule is C=C(C)C(C(=O)OCc1c(F)c(F)c(COC)c(F)c1F)c1cnc(C(C)(C)C)nc1. The number of ether oxygens (including phenoxy) is 2. The van der Waals surface area contributed by atoms with Crippen molar-refractivity contribution in [1.29, 1.82) is 0 Å². The summed E-state index contributed by atoms with van der Waals surface area (Å²) in [5.41, 5.74) is -1.51. The molecule has 0 N–H and O–H groups in total. The zero-order valence-electron chi connectivity index (χ0n) is 18.0. The lowest BCUT2D eigenvalue weighted by atomic mass is 9.93. The number of benzene rings is 1. The number of carbonyl (C=O) groups excluding carboxylic acids is 1. The van der Waals surface area contributed by atoms with Gasteiger partial charge >= 0.3 is 5.97 Å². The molecule has 0 aliphatic heterocycles. The van der Waals surface area contributed by atoms with E-state index in [0.29, 0.717) is 17.0 Å². The molecule has 9 heteroatoms. The van der Waals surface area contributed by atoms with Crippen LogP contribution in [0.2, 0.25) is 0 Å². The molecule has 1 unspecified atom stereocenters. The third kappa shape index (κ3) is 5.28. The quantitative estimate of drug-likeness (QED) is 0.266. The van der Waals surface area contributed by atoms with Gasteiger partial charge in [-0.05, 0) is 6.92 Å². The number of halogens is 4. The molecule has 31 heavy (non-hydrogen) atoms. The van der Waals surface area contributed by atoms with Crippen molar-refractivity contribution in [3.05, 3.63) is 70.3 Å². The minimum atomic E-state index is -1.65. The van der Waals surface area contributed by atoms with E-state index in [1.165, 1.54) is 12.4 Å². The van der Waals surface area contributed by atoms with Crippen LogP contribution in [0.3, 0.4) is 0 Å². The van der Waals surface area contributed by atoms with E-state index >= 15 is 0 Å². The van der Waals surface area contributed by atoms with Crippen LogP contribution in [-0.2, 0) is 32.9 Å². The highest BCUT2D eigenvalue weighted by molar-refractivity contribution is 5.81. The van der Waals surface area contributed by atoms with Crippen molar-refractivity contribution in [2.24, 2.45) is 0 Å². The summed E-state index contributed by atoms with van der Waals surface area (Å²) in [6.07, 6.45) is 2.88. The first-order valence-electron chi connectivity index (χ1n) is 9.37. The molecule has 5 nitrogen and oxygen atoms in total. The number of methoxy groups -OCH3 is 1. The molecule has 0 fully saturated rings. The van der Waals surface area contributed by atoms with Crippen molar-refractivity contribution in [3.8, 4) is 0 Å². The maximum Gasteiger partial charge on any atom is 0.318 e. The van der Waals surface area contributed by atoms with Crippen LogP contribution in [-0.4, -0.2) is 23.0 Å². The molecule has 0 spiro atoms. The number of rotatable bonds is 7. The van der Waals surface area contributed by atoms with Crippen LogP contribution in [0, 0.1) is 23.3 Å². The lowest BCUT2D eigenvalue weighted by Gasteiger charge is -2.19. The number of hydrogen-bond acceptors (Lipinski definition) is 5. The number of esters is 1. The average molecular weight is 440 g/mol. The first-order chi connectivity index (χ1) is 14.4. The topological polar surface area (TPSA) is 61.3 Å². The molecule has 2 aromatic rings. The Hall–Kier alpha value is -2.81. The second kappa shape index (κ2) is 9.55. The maximum absolute atomic E-state index is 14.2. The van der Waals surface area contributed by atoms with Gasteiger partial charge < -0.3 is 9.47 Å². The Morgan fingerprint density at radius 2 is 1.45 bits per heavy atom. The molecule has 0 aliphatic rings. The van der Waals surface area contributed by atoms with E-state index in [1.807, 2.05) is 20.8 Å². The van der Waals surface area contributed by atoms with Crippen molar-refractivity contribution >= 4 is 5.97 Å². The molecule has 168 valence electrons. The number of hydrogen-bond donors (Lipinski definition) is 0. The summed E-state index contributed by atoms with van der Waals surface area (Å²) in [4.78, 5) is 21.1. The van der Waals surface area contributed by atoms with Crippen LogP contribution in [0.5, 0.6) is 0 Å². The molecule has 1 aromatic carbocycles. The summed E-state index contributed by atoms with van der Waals surface area (Å²) >= 11 is 0. The van der Waals surface area contributed by atoms with Gasteiger partial charge in [0.25, 0.3) is 0 Å². The highest BCUT2D eigenvalue weighted by atomic mass is 19.2. The smallest absolute Gasteiger partial charge is 0.318 e. The Morgan fingerprint density at radius 1 is 1.00 bits per heavy atom. The summed E-state index contributed by atoms with van der Waals surface area (Å²) in [5, 5.41) is 0. The van der Waals surface area contributed by atoms with E-state index in [0.717, 1.165) is 7.11 Å². The van der Waals surface area contributed by atoms with Crippen LogP contribution < -0.4 is 0 Å². The molecule has 0 aliphatic carbocycles. The van der Waals surface area contributed by atoms with Gasteiger partial charge in [-0.2, -0.15) is 0 Å². The Morgan fingerprint density at radius 3 is 1.84 bits per heavy atom. The van der Waals surface area contributed by atoms with E-state index in [1.54, 1.807) is 6.92 Å². The van der Waals surface area contributed by atoms with Gasteiger partial charge in [-0.25, -0.2) is 27.5 Å². The highest BCUT2D eigenvalue weighted by Gasteiger charge is 2.29. The molecular weight excluding hydrogens is 416 g/mol. The fraction of sp³-hybridized carbons (Fsp3) is 0.409. The van der Waals surface area contributed by atoms with E-state index in [-0.39, 0.29) is 5.41 Å². The fourth-order valence-electron chi connectivity index (χ4n) is 2.84. The summed E-state index contributed by atoms with van der Waals surface area (Å²) in [5.74, 6) is -7.89. The van der Waals surface area contributed by atoms with Gasteiger partial charge in [-0.1, -0.05) is 32.9 Å². The lowest BCUT2D eigenvalue weighted by molar-refractivity contribution is -0.146. The largest absolute Gasteiger partial charge is 0.460 e. The molecule has 0 saturated heterocycles. The van der Waals surface area contributed by atoms with Crippen molar-refractivity contribution in [2.45, 2.75) is 52.2 Å². The van der Waals surface area contributed by atoms with Gasteiger partial charge in [0, 0.05) is 30.5 Å². The third-order valence-corrected chi connectivity index (χ3v) is 4.50. The van der Waals surface area contributed by atoms with Crippen molar-refractivity contribution < 1.29 is 31.8 Å². The second-order valence-corrected chi connectivity index (χ2v) is 8.12. The molecule has 0 saturated carbocycles. The van der Waals surface area contributed by atoms with Crippen LogP contribution >= 0.6 is 0 Å². The first kappa shape index (κ1) is 24.5. The Bertz CT molecular complexity index is 957. The first-order valence-corrected chi connectivity index (χ1v) is 9.37. The third-order valence-electron chi connectivity index (χ3n) is 4.50. The van der Waals surface area contributed by atoms with Gasteiger partial charge in [-0.15, -0.1) is 0 Å². The van der Waals surface area contributed by atoms with Crippen molar-refractivity contribution in [1.82, 2.24) is 9.97 Å². The predicted molar refractivity (Wildman–Crippen MR) is 105 cm³/mol. The van der Waals surface area contributed by atoms with Crippen molar-refractivity contribution in [3.63, 3.8) is 0 Å². The molecule has 0 bridgehead atoms. The second-order valence-electron chi connectivity index (χ2n) is 8.12. The van der Waals surface area contributed by atoms with Crippen molar-refractivity contribution in [2.75, 3.05) is 7.11 Å². The molecule has 1 heterocycles. The zero-order chi connectivity index (χ0) is 23.5. The summed E-state index contributed by atoms with van der Waals surface area (Å²) in [7, 11) is 1.12. The van der Waals surface area contributed by atoms with Gasteiger partial charge in [0.2, 0.25) is 0 Å². The summed E-state index contributed by atoms with van der Waals surface area (Å²) in [6.45, 7) is 9.39. The van der Waals surface area contributed by atoms with E-state index in [9.17, 15) is 22.4 Å². The normalized spacial score (nSPS) is 12.5. The Kier molecular flexibility index (Phi) is 7.54. The highest BCUT2D eigenvalue weighted by Crippen LogP contribution is 2.28. The standard InChI is InChI=1S/C22H24F4N2O3/c1-11(2)15(12-7-27-21(28-8-12)22(3,4)5)20(29)31-10-14-18(25)16(23)13(9-30-6)17(24)19(14)26/h7-8,15H,1,9-10H2,2-6H3. The van der Waals surface area contributed by atoms with E-state index < -0.39 is 59.5 Å². The fourth-order valence-corrected chi connectivity index (χ4v) is 2.84. The average Bonchev–Trinajstić information content (AvgIpc) is 2.69. The van der Waals surface area contributed by atoms with Crippen LogP contribution in [0.4, 0.5) is 17.6 Å². The van der Waals surface area contributed by atoms with Crippen LogP contribution in [0.15, 0.2) is 24.5 Å². The Labute approximate surface area is 178 Å². The van der Waals surface area contributed by atoms with Gasteiger partial charge in [-0.3, -0.25) is 4.79 Å². The van der Waals surface area contributed by atoms with Crippen LogP contribution in [0.25, 0.3) is 0 Å². The number of carbonyl (C=O) groups is 1. The minimum Gasteiger partial charge on any atom is -0.460 e. The molecule has 1 aromatic heterocycles. The molecule has 0 radical (unpaired) electrons. The minimum absolute atomic E-state index is 0.310. The molecule has 2 rings (SSSR count). The van der Waals surface area contributed by atoms with Crippen LogP contribution in [0.1, 0.15) is 56.1 Å². The Balaban J connectivity index is 2.28.